The summed E-state index contributed by atoms with van der Waals surface area (Å²) in [7, 11) is 4.26. The van der Waals surface area contributed by atoms with Crippen molar-refractivity contribution < 1.29 is 24.1 Å². The summed E-state index contributed by atoms with van der Waals surface area (Å²) in [4.78, 5) is 11.6. The summed E-state index contributed by atoms with van der Waals surface area (Å²) in [5.41, 5.74) is 1.22. The second kappa shape index (κ2) is 6.95. The first-order valence-electron chi connectivity index (χ1n) is 6.09. The van der Waals surface area contributed by atoms with Gasteiger partial charge in [0.15, 0.2) is 17.6 Å². The van der Waals surface area contributed by atoms with Crippen LogP contribution < -0.4 is 9.47 Å². The Labute approximate surface area is 127 Å². The Morgan fingerprint density at radius 1 is 1.25 bits per heavy atom. The van der Waals surface area contributed by atoms with E-state index in [1.54, 1.807) is 6.07 Å². The van der Waals surface area contributed by atoms with E-state index in [1.165, 1.54) is 21.3 Å². The molecule has 0 aliphatic heterocycles. The molecule has 6 heteroatoms. The van der Waals surface area contributed by atoms with Gasteiger partial charge in [0.2, 0.25) is 0 Å². The fourth-order valence-electron chi connectivity index (χ4n) is 2.04. The summed E-state index contributed by atoms with van der Waals surface area (Å²) in [6.45, 7) is 3.92. The summed E-state index contributed by atoms with van der Waals surface area (Å²) >= 11 is 3.46. The van der Waals surface area contributed by atoms with Crippen LogP contribution in [0.3, 0.4) is 0 Å². The van der Waals surface area contributed by atoms with E-state index in [1.807, 2.05) is 13.8 Å². The number of rotatable bonds is 5. The molecule has 0 heterocycles. The minimum atomic E-state index is -1.37. The SMILES string of the molecule is COC(=O)C(O)c1cc(OC)c(OC)c(Br)c1C(C)C. The van der Waals surface area contributed by atoms with Crippen LogP contribution in [0.5, 0.6) is 11.5 Å². The summed E-state index contributed by atoms with van der Waals surface area (Å²) in [6.07, 6.45) is -1.37. The van der Waals surface area contributed by atoms with Gasteiger partial charge in [-0.3, -0.25) is 0 Å². The van der Waals surface area contributed by atoms with Gasteiger partial charge in [-0.1, -0.05) is 13.8 Å². The monoisotopic (exact) mass is 346 g/mol. The van der Waals surface area contributed by atoms with Crippen LogP contribution in [-0.4, -0.2) is 32.4 Å². The Kier molecular flexibility index (Phi) is 5.83. The highest BCUT2D eigenvalue weighted by molar-refractivity contribution is 9.10. The van der Waals surface area contributed by atoms with Gasteiger partial charge in [0.05, 0.1) is 25.8 Å². The predicted octanol–water partition coefficient (Wildman–Crippen LogP) is 2.80. The van der Waals surface area contributed by atoms with Gasteiger partial charge >= 0.3 is 5.97 Å². The third-order valence-electron chi connectivity index (χ3n) is 2.98. The maximum absolute atomic E-state index is 11.6. The van der Waals surface area contributed by atoms with E-state index in [9.17, 15) is 9.90 Å². The molecule has 0 spiro atoms. The number of carbonyl (C=O) groups excluding carboxylic acids is 1. The van der Waals surface area contributed by atoms with Gasteiger partial charge < -0.3 is 19.3 Å². The highest BCUT2D eigenvalue weighted by atomic mass is 79.9. The summed E-state index contributed by atoms with van der Waals surface area (Å²) < 4.78 is 15.8. The third-order valence-corrected chi connectivity index (χ3v) is 3.76. The Balaban J connectivity index is 3.57. The van der Waals surface area contributed by atoms with Crippen LogP contribution in [0, 0.1) is 0 Å². The highest BCUT2D eigenvalue weighted by Gasteiger charge is 2.27. The zero-order valence-corrected chi connectivity index (χ0v) is 13.8. The lowest BCUT2D eigenvalue weighted by molar-refractivity contribution is -0.150. The van der Waals surface area contributed by atoms with Crippen molar-refractivity contribution >= 4 is 21.9 Å². The number of benzene rings is 1. The Morgan fingerprint density at radius 3 is 2.25 bits per heavy atom. The smallest absolute Gasteiger partial charge is 0.339 e. The van der Waals surface area contributed by atoms with Crippen molar-refractivity contribution in [3.8, 4) is 11.5 Å². The molecular formula is C14H19BrO5. The topological polar surface area (TPSA) is 65.0 Å². The van der Waals surface area contributed by atoms with Crippen LogP contribution >= 0.6 is 15.9 Å². The number of esters is 1. The number of halogens is 1. The number of hydrogen-bond acceptors (Lipinski definition) is 5. The van der Waals surface area contributed by atoms with E-state index in [-0.39, 0.29) is 5.92 Å². The summed E-state index contributed by atoms with van der Waals surface area (Å²) in [6, 6.07) is 1.60. The molecule has 0 aromatic heterocycles. The maximum atomic E-state index is 11.6. The quantitative estimate of drug-likeness (QED) is 0.830. The van der Waals surface area contributed by atoms with Gasteiger partial charge in [0, 0.05) is 5.56 Å². The van der Waals surface area contributed by atoms with Gasteiger partial charge in [-0.05, 0) is 33.5 Å². The molecular weight excluding hydrogens is 328 g/mol. The van der Waals surface area contributed by atoms with Gasteiger partial charge in [0.1, 0.15) is 0 Å². The Hall–Kier alpha value is -1.27. The second-order valence-corrected chi connectivity index (χ2v) is 5.30. The lowest BCUT2D eigenvalue weighted by atomic mass is 9.93. The number of aliphatic hydroxyl groups excluding tert-OH is 1. The molecule has 112 valence electrons. The van der Waals surface area contributed by atoms with Crippen molar-refractivity contribution in [2.24, 2.45) is 0 Å². The molecule has 1 atom stereocenters. The molecule has 1 N–H and O–H groups in total. The first-order valence-corrected chi connectivity index (χ1v) is 6.88. The van der Waals surface area contributed by atoms with Crippen molar-refractivity contribution in [3.63, 3.8) is 0 Å². The zero-order chi connectivity index (χ0) is 15.4. The van der Waals surface area contributed by atoms with E-state index in [2.05, 4.69) is 20.7 Å². The molecule has 0 amide bonds. The number of carbonyl (C=O) groups is 1. The van der Waals surface area contributed by atoms with E-state index in [4.69, 9.17) is 9.47 Å². The van der Waals surface area contributed by atoms with Crippen LogP contribution in [0.1, 0.15) is 37.0 Å². The fourth-order valence-corrected chi connectivity index (χ4v) is 3.08. The number of methoxy groups -OCH3 is 3. The summed E-state index contributed by atoms with van der Waals surface area (Å²) in [5, 5.41) is 10.1. The standard InChI is InChI=1S/C14H19BrO5/c1-7(2)10-8(12(16)14(17)20-5)6-9(18-3)13(19-4)11(10)15/h6-7,12,16H,1-5H3. The van der Waals surface area contributed by atoms with Crippen molar-refractivity contribution in [2.45, 2.75) is 25.9 Å². The van der Waals surface area contributed by atoms with Crippen LogP contribution in [0.25, 0.3) is 0 Å². The minimum Gasteiger partial charge on any atom is -0.493 e. The fraction of sp³-hybridized carbons (Fsp3) is 0.500. The molecule has 0 aliphatic rings. The molecule has 1 rings (SSSR count). The average Bonchev–Trinajstić information content (AvgIpc) is 2.43. The van der Waals surface area contributed by atoms with E-state index < -0.39 is 12.1 Å². The largest absolute Gasteiger partial charge is 0.493 e. The van der Waals surface area contributed by atoms with Crippen molar-refractivity contribution in [2.75, 3.05) is 21.3 Å². The molecule has 0 saturated heterocycles. The number of ether oxygens (including phenoxy) is 3. The molecule has 0 fully saturated rings. The van der Waals surface area contributed by atoms with Gasteiger partial charge in [-0.25, -0.2) is 4.79 Å². The van der Waals surface area contributed by atoms with Crippen molar-refractivity contribution in [1.29, 1.82) is 0 Å². The molecule has 0 aliphatic carbocycles. The summed E-state index contributed by atoms with van der Waals surface area (Å²) in [5.74, 6) is 0.309. The van der Waals surface area contributed by atoms with Crippen LogP contribution in [0.15, 0.2) is 10.5 Å². The lowest BCUT2D eigenvalue weighted by Crippen LogP contribution is -2.16. The molecule has 0 radical (unpaired) electrons. The van der Waals surface area contributed by atoms with E-state index in [0.29, 0.717) is 21.5 Å². The third kappa shape index (κ3) is 3.07. The van der Waals surface area contributed by atoms with Gasteiger partial charge in [-0.2, -0.15) is 0 Å². The molecule has 5 nitrogen and oxygen atoms in total. The average molecular weight is 347 g/mol. The van der Waals surface area contributed by atoms with Gasteiger partial charge in [-0.15, -0.1) is 0 Å². The molecule has 20 heavy (non-hydrogen) atoms. The van der Waals surface area contributed by atoms with E-state index >= 15 is 0 Å². The normalized spacial score (nSPS) is 12.2. The highest BCUT2D eigenvalue weighted by Crippen LogP contribution is 2.44. The molecule has 1 unspecified atom stereocenters. The lowest BCUT2D eigenvalue weighted by Gasteiger charge is -2.22. The van der Waals surface area contributed by atoms with E-state index in [0.717, 1.165) is 5.56 Å². The second-order valence-electron chi connectivity index (χ2n) is 4.51. The first-order chi connectivity index (χ1) is 9.38. The molecule has 1 aromatic rings. The maximum Gasteiger partial charge on any atom is 0.339 e. The number of hydrogen-bond donors (Lipinski definition) is 1. The molecule has 0 saturated carbocycles. The number of aliphatic hydroxyl groups is 1. The van der Waals surface area contributed by atoms with Crippen LogP contribution in [0.4, 0.5) is 0 Å². The van der Waals surface area contributed by atoms with Gasteiger partial charge in [0.25, 0.3) is 0 Å². The minimum absolute atomic E-state index is 0.0680. The molecule has 1 aromatic carbocycles. The van der Waals surface area contributed by atoms with Crippen LogP contribution in [-0.2, 0) is 9.53 Å². The molecule has 0 bridgehead atoms. The zero-order valence-electron chi connectivity index (χ0n) is 12.2. The Bertz CT molecular complexity index is 499. The van der Waals surface area contributed by atoms with Crippen molar-refractivity contribution in [3.05, 3.63) is 21.7 Å². The van der Waals surface area contributed by atoms with Crippen LogP contribution in [0.2, 0.25) is 0 Å². The predicted molar refractivity (Wildman–Crippen MR) is 78.3 cm³/mol. The first kappa shape index (κ1) is 16.8. The Morgan fingerprint density at radius 2 is 1.85 bits per heavy atom. The van der Waals surface area contributed by atoms with Crippen molar-refractivity contribution in [1.82, 2.24) is 0 Å².